The van der Waals surface area contributed by atoms with Crippen LogP contribution in [0.25, 0.3) is 5.57 Å². The van der Waals surface area contributed by atoms with E-state index in [-0.39, 0.29) is 68.3 Å². The number of fused-ring (bicyclic) bond motifs is 3. The summed E-state index contributed by atoms with van der Waals surface area (Å²) >= 11 is 0. The van der Waals surface area contributed by atoms with E-state index in [2.05, 4.69) is 0 Å². The van der Waals surface area contributed by atoms with E-state index >= 15 is 0 Å². The van der Waals surface area contributed by atoms with Crippen LogP contribution in [0, 0.1) is 0 Å². The van der Waals surface area contributed by atoms with E-state index in [9.17, 15) is 19.2 Å². The molecule has 42 heavy (non-hydrogen) atoms. The molecular formula is C28H28O14. The third kappa shape index (κ3) is 4.26. The minimum absolute atomic E-state index is 0.00613. The molecule has 2 aliphatic rings. The van der Waals surface area contributed by atoms with Gasteiger partial charge >= 0.3 is 17.9 Å². The SMILES string of the molecule is COC(=O)c1cc(OC)c(OC)c(OC)c1Oc1cc(C(=O)OC)c2c(c1OC)O[C@@]1(C(=O)OC)CC(=O)C(OC)=C21. The molecule has 1 aliphatic carbocycles. The van der Waals surface area contributed by atoms with Crippen molar-refractivity contribution >= 4 is 29.3 Å². The van der Waals surface area contributed by atoms with Gasteiger partial charge in [-0.3, -0.25) is 4.79 Å². The van der Waals surface area contributed by atoms with Crippen LogP contribution in [0.15, 0.2) is 17.9 Å². The summed E-state index contributed by atoms with van der Waals surface area (Å²) in [6, 6.07) is 2.55. The monoisotopic (exact) mass is 588 g/mol. The van der Waals surface area contributed by atoms with Crippen molar-refractivity contribution in [2.75, 3.05) is 56.9 Å². The molecule has 2 aromatic rings. The van der Waals surface area contributed by atoms with Crippen LogP contribution in [0.2, 0.25) is 0 Å². The van der Waals surface area contributed by atoms with Crippen molar-refractivity contribution in [2.45, 2.75) is 12.0 Å². The Kier molecular flexibility index (Phi) is 8.09. The molecule has 14 heteroatoms. The molecule has 0 radical (unpaired) electrons. The van der Waals surface area contributed by atoms with Crippen molar-refractivity contribution in [2.24, 2.45) is 0 Å². The zero-order chi connectivity index (χ0) is 30.9. The van der Waals surface area contributed by atoms with Crippen molar-refractivity contribution in [3.63, 3.8) is 0 Å². The van der Waals surface area contributed by atoms with E-state index in [1.807, 2.05) is 0 Å². The van der Waals surface area contributed by atoms with Gasteiger partial charge in [-0.15, -0.1) is 0 Å². The summed E-state index contributed by atoms with van der Waals surface area (Å²) < 4.78 is 54.5. The first-order chi connectivity index (χ1) is 20.1. The van der Waals surface area contributed by atoms with E-state index in [0.717, 1.165) is 14.2 Å². The molecule has 1 aliphatic heterocycles. The number of rotatable bonds is 10. The lowest BCUT2D eigenvalue weighted by molar-refractivity contribution is -0.154. The second kappa shape index (κ2) is 11.4. The van der Waals surface area contributed by atoms with Gasteiger partial charge in [0.15, 0.2) is 28.8 Å². The standard InChI is InChI=1S/C28H28O14/c1-33-15-10-13(26(31)39-7)19(24(37-5)21(15)35-3)41-16-9-12(25(30)38-6)17-18-20(34-2)14(29)11-28(18,27(32)40-8)42-23(17)22(16)36-4/h9-10H,11H2,1-8H3/t28-/m0/s1. The minimum Gasteiger partial charge on any atom is -0.493 e. The first-order valence-electron chi connectivity index (χ1n) is 12.1. The smallest absolute Gasteiger partial charge is 0.355 e. The molecule has 0 bridgehead atoms. The largest absolute Gasteiger partial charge is 0.493 e. The summed E-state index contributed by atoms with van der Waals surface area (Å²) in [7, 11) is 10.00. The molecule has 1 heterocycles. The molecule has 224 valence electrons. The van der Waals surface area contributed by atoms with Crippen LogP contribution in [-0.4, -0.2) is 86.2 Å². The number of methoxy groups -OCH3 is 8. The average Bonchev–Trinajstić information content (AvgIpc) is 3.48. The Morgan fingerprint density at radius 1 is 0.690 bits per heavy atom. The summed E-state index contributed by atoms with van der Waals surface area (Å²) in [6.45, 7) is 0. The van der Waals surface area contributed by atoms with E-state index in [1.165, 1.54) is 54.8 Å². The zero-order valence-corrected chi connectivity index (χ0v) is 24.1. The maximum atomic E-state index is 13.1. The predicted octanol–water partition coefficient (Wildman–Crippen LogP) is 2.72. The van der Waals surface area contributed by atoms with Gasteiger partial charge in [-0.2, -0.15) is 0 Å². The van der Waals surface area contributed by atoms with Crippen LogP contribution in [0.1, 0.15) is 32.7 Å². The lowest BCUT2D eigenvalue weighted by Crippen LogP contribution is -2.42. The van der Waals surface area contributed by atoms with Crippen LogP contribution in [0.3, 0.4) is 0 Å². The highest BCUT2D eigenvalue weighted by molar-refractivity contribution is 6.20. The molecule has 2 aromatic carbocycles. The molecule has 14 nitrogen and oxygen atoms in total. The highest BCUT2D eigenvalue weighted by atomic mass is 16.6. The van der Waals surface area contributed by atoms with Gasteiger partial charge in [-0.1, -0.05) is 0 Å². The van der Waals surface area contributed by atoms with Crippen molar-refractivity contribution < 1.29 is 66.5 Å². The summed E-state index contributed by atoms with van der Waals surface area (Å²) in [5, 5.41) is 0. The van der Waals surface area contributed by atoms with Crippen molar-refractivity contribution in [3.8, 4) is 40.2 Å². The topological polar surface area (TPSA) is 161 Å². The maximum Gasteiger partial charge on any atom is 0.355 e. The number of hydrogen-bond acceptors (Lipinski definition) is 14. The van der Waals surface area contributed by atoms with E-state index < -0.39 is 35.7 Å². The number of ketones is 1. The summed E-state index contributed by atoms with van der Waals surface area (Å²) in [4.78, 5) is 51.9. The molecule has 0 unspecified atom stereocenters. The fourth-order valence-electron chi connectivity index (χ4n) is 5.00. The summed E-state index contributed by atoms with van der Waals surface area (Å²) in [5.74, 6) is -3.80. The van der Waals surface area contributed by atoms with Gasteiger partial charge in [0.25, 0.3) is 0 Å². The summed E-state index contributed by atoms with van der Waals surface area (Å²) in [5.41, 5.74) is -2.31. The molecular weight excluding hydrogens is 560 g/mol. The Balaban J connectivity index is 2.08. The van der Waals surface area contributed by atoms with Crippen LogP contribution < -0.4 is 28.4 Å². The Hall–Kier alpha value is -5.14. The van der Waals surface area contributed by atoms with Crippen molar-refractivity contribution in [3.05, 3.63) is 34.6 Å². The van der Waals surface area contributed by atoms with E-state index in [1.54, 1.807) is 0 Å². The first kappa shape index (κ1) is 29.8. The normalized spacial score (nSPS) is 16.5. The van der Waals surface area contributed by atoms with Crippen LogP contribution in [-0.2, 0) is 28.5 Å². The molecule has 0 fully saturated rings. The third-order valence-corrected chi connectivity index (χ3v) is 6.75. The minimum atomic E-state index is -1.98. The Morgan fingerprint density at radius 2 is 1.29 bits per heavy atom. The van der Waals surface area contributed by atoms with Crippen LogP contribution >= 0.6 is 0 Å². The second-order valence-electron chi connectivity index (χ2n) is 8.70. The summed E-state index contributed by atoms with van der Waals surface area (Å²) in [6.07, 6.45) is -0.469. The first-order valence-corrected chi connectivity index (χ1v) is 12.1. The number of carbonyl (C=O) groups excluding carboxylic acids is 4. The van der Waals surface area contributed by atoms with E-state index in [0.29, 0.717) is 0 Å². The van der Waals surface area contributed by atoms with Crippen molar-refractivity contribution in [1.82, 2.24) is 0 Å². The van der Waals surface area contributed by atoms with Gasteiger partial charge in [-0.25, -0.2) is 14.4 Å². The number of esters is 3. The Bertz CT molecular complexity index is 1520. The Labute approximate surface area is 239 Å². The molecule has 0 aromatic heterocycles. The highest BCUT2D eigenvalue weighted by Crippen LogP contribution is 2.60. The number of Topliss-reactive ketones (excluding diaryl/α,β-unsaturated/α-hetero) is 1. The molecule has 0 spiro atoms. The Morgan fingerprint density at radius 3 is 1.81 bits per heavy atom. The fourth-order valence-corrected chi connectivity index (χ4v) is 5.00. The number of hydrogen-bond donors (Lipinski definition) is 0. The van der Waals surface area contributed by atoms with E-state index in [4.69, 9.17) is 47.4 Å². The molecule has 0 amide bonds. The number of benzene rings is 2. The van der Waals surface area contributed by atoms with Gasteiger partial charge in [0, 0.05) is 17.7 Å². The third-order valence-electron chi connectivity index (χ3n) is 6.75. The van der Waals surface area contributed by atoms with Gasteiger partial charge in [-0.05, 0) is 0 Å². The number of ether oxygens (including phenoxy) is 10. The molecule has 1 atom stereocenters. The quantitative estimate of drug-likeness (QED) is 0.294. The van der Waals surface area contributed by atoms with Gasteiger partial charge in [0.2, 0.25) is 28.6 Å². The van der Waals surface area contributed by atoms with Gasteiger partial charge in [0.05, 0.1) is 74.4 Å². The van der Waals surface area contributed by atoms with Crippen LogP contribution in [0.4, 0.5) is 0 Å². The average molecular weight is 589 g/mol. The van der Waals surface area contributed by atoms with Crippen molar-refractivity contribution in [1.29, 1.82) is 0 Å². The molecule has 0 saturated heterocycles. The predicted molar refractivity (Wildman–Crippen MR) is 141 cm³/mol. The zero-order valence-electron chi connectivity index (χ0n) is 24.1. The van der Waals surface area contributed by atoms with Crippen LogP contribution in [0.5, 0.6) is 40.2 Å². The molecule has 0 N–H and O–H groups in total. The lowest BCUT2D eigenvalue weighted by Gasteiger charge is -2.23. The van der Waals surface area contributed by atoms with Gasteiger partial charge < -0.3 is 47.4 Å². The fraction of sp³-hybridized carbons (Fsp3) is 0.357. The lowest BCUT2D eigenvalue weighted by atomic mass is 9.89. The molecule has 0 saturated carbocycles. The van der Waals surface area contributed by atoms with Gasteiger partial charge in [0.1, 0.15) is 5.56 Å². The number of carbonyl (C=O) groups is 4. The second-order valence-corrected chi connectivity index (χ2v) is 8.70. The number of allylic oxidation sites excluding steroid dienone is 1. The highest BCUT2D eigenvalue weighted by Gasteiger charge is 2.62. The maximum absolute atomic E-state index is 13.1. The molecule has 4 rings (SSSR count).